The normalized spacial score (nSPS) is 37.7. The quantitative estimate of drug-likeness (QED) is 0.849. The van der Waals surface area contributed by atoms with E-state index in [1.807, 2.05) is 11.8 Å². The van der Waals surface area contributed by atoms with E-state index in [0.29, 0.717) is 19.8 Å². The molecule has 0 radical (unpaired) electrons. The summed E-state index contributed by atoms with van der Waals surface area (Å²) in [4.78, 5) is 11.9. The van der Waals surface area contributed by atoms with Crippen molar-refractivity contribution in [2.45, 2.75) is 44.1 Å². The third-order valence-corrected chi connectivity index (χ3v) is 6.36. The molecular weight excluding hydrogens is 276 g/mol. The molecule has 0 aromatic carbocycles. The maximum Gasteiger partial charge on any atom is 0.312 e. The molecule has 0 aromatic rings. The molecule has 20 heavy (non-hydrogen) atoms. The standard InChI is InChI=1S/C15H24O4S/c16-13(17)15(3-1-6-18-11-15)12-2-7-19-14(10-12)4-8-20-9-5-14/h12H,1-11H2,(H,16,17). The number of thioether (sulfide) groups is 1. The summed E-state index contributed by atoms with van der Waals surface area (Å²) >= 11 is 1.98. The van der Waals surface area contributed by atoms with E-state index in [1.165, 1.54) is 0 Å². The minimum absolute atomic E-state index is 0.0476. The van der Waals surface area contributed by atoms with Crippen LogP contribution in [0.15, 0.2) is 0 Å². The van der Waals surface area contributed by atoms with Gasteiger partial charge in [0.2, 0.25) is 0 Å². The molecule has 3 aliphatic rings. The second-order valence-corrected chi connectivity index (χ2v) is 7.68. The number of aliphatic carboxylic acids is 1. The number of carbonyl (C=O) groups is 1. The fourth-order valence-electron chi connectivity index (χ4n) is 4.07. The van der Waals surface area contributed by atoms with Gasteiger partial charge in [0.1, 0.15) is 0 Å². The molecule has 3 fully saturated rings. The van der Waals surface area contributed by atoms with Crippen molar-refractivity contribution in [3.63, 3.8) is 0 Å². The average molecular weight is 300 g/mol. The van der Waals surface area contributed by atoms with Gasteiger partial charge in [-0.15, -0.1) is 0 Å². The van der Waals surface area contributed by atoms with E-state index in [0.717, 1.165) is 50.0 Å². The molecule has 114 valence electrons. The van der Waals surface area contributed by atoms with Gasteiger partial charge in [-0.1, -0.05) is 0 Å². The summed E-state index contributed by atoms with van der Waals surface area (Å²) < 4.78 is 11.7. The molecule has 3 aliphatic heterocycles. The highest BCUT2D eigenvalue weighted by molar-refractivity contribution is 7.99. The van der Waals surface area contributed by atoms with Crippen molar-refractivity contribution in [1.29, 1.82) is 0 Å². The van der Waals surface area contributed by atoms with Crippen LogP contribution in [0, 0.1) is 11.3 Å². The monoisotopic (exact) mass is 300 g/mol. The number of carboxylic acids is 1. The van der Waals surface area contributed by atoms with Crippen molar-refractivity contribution in [1.82, 2.24) is 0 Å². The lowest BCUT2D eigenvalue weighted by atomic mass is 9.65. The van der Waals surface area contributed by atoms with Crippen LogP contribution in [0.5, 0.6) is 0 Å². The van der Waals surface area contributed by atoms with Crippen molar-refractivity contribution in [2.75, 3.05) is 31.3 Å². The molecule has 4 nitrogen and oxygen atoms in total. The lowest BCUT2D eigenvalue weighted by Gasteiger charge is -2.49. The van der Waals surface area contributed by atoms with Crippen LogP contribution in [0.25, 0.3) is 0 Å². The van der Waals surface area contributed by atoms with Gasteiger partial charge in [0.05, 0.1) is 17.6 Å². The molecule has 0 bridgehead atoms. The zero-order chi connectivity index (χ0) is 14.1. The van der Waals surface area contributed by atoms with Crippen LogP contribution >= 0.6 is 11.8 Å². The van der Waals surface area contributed by atoms with Crippen molar-refractivity contribution in [3.05, 3.63) is 0 Å². The third-order valence-electron chi connectivity index (χ3n) is 5.38. The van der Waals surface area contributed by atoms with Gasteiger partial charge in [0, 0.05) is 13.2 Å². The average Bonchev–Trinajstić information content (AvgIpc) is 2.48. The Morgan fingerprint density at radius 1 is 1.20 bits per heavy atom. The van der Waals surface area contributed by atoms with Gasteiger partial charge in [-0.2, -0.15) is 11.8 Å². The molecule has 0 amide bonds. The number of hydrogen-bond donors (Lipinski definition) is 1. The smallest absolute Gasteiger partial charge is 0.312 e. The molecular formula is C15H24O4S. The summed E-state index contributed by atoms with van der Waals surface area (Å²) in [6.07, 6.45) is 5.55. The maximum atomic E-state index is 11.9. The van der Waals surface area contributed by atoms with Crippen LogP contribution in [-0.4, -0.2) is 48.0 Å². The predicted octanol–water partition coefficient (Wildman–Crippen LogP) is 2.56. The van der Waals surface area contributed by atoms with Gasteiger partial charge in [0.25, 0.3) is 0 Å². The fourth-order valence-corrected chi connectivity index (χ4v) is 5.31. The zero-order valence-corrected chi connectivity index (χ0v) is 12.8. The molecule has 1 spiro atoms. The van der Waals surface area contributed by atoms with E-state index < -0.39 is 11.4 Å². The molecule has 0 saturated carbocycles. The Morgan fingerprint density at radius 3 is 2.65 bits per heavy atom. The topological polar surface area (TPSA) is 55.8 Å². The van der Waals surface area contributed by atoms with E-state index in [2.05, 4.69) is 0 Å². The van der Waals surface area contributed by atoms with Gasteiger partial charge < -0.3 is 14.6 Å². The van der Waals surface area contributed by atoms with Crippen molar-refractivity contribution >= 4 is 17.7 Å². The predicted molar refractivity (Wildman–Crippen MR) is 78.1 cm³/mol. The van der Waals surface area contributed by atoms with E-state index in [4.69, 9.17) is 9.47 Å². The Morgan fingerprint density at radius 2 is 2.00 bits per heavy atom. The number of ether oxygens (including phenoxy) is 2. The van der Waals surface area contributed by atoms with Gasteiger partial charge in [0.15, 0.2) is 0 Å². The highest BCUT2D eigenvalue weighted by Crippen LogP contribution is 2.48. The molecule has 2 atom stereocenters. The number of rotatable bonds is 2. The molecule has 0 aliphatic carbocycles. The molecule has 2 unspecified atom stereocenters. The zero-order valence-electron chi connectivity index (χ0n) is 11.9. The summed E-state index contributed by atoms with van der Waals surface area (Å²) in [5, 5.41) is 9.80. The first-order chi connectivity index (χ1) is 9.67. The highest BCUT2D eigenvalue weighted by atomic mass is 32.2. The first-order valence-corrected chi connectivity index (χ1v) is 8.85. The SMILES string of the molecule is O=C(O)C1(C2CCOC3(CCSCC3)C2)CCCOC1. The van der Waals surface area contributed by atoms with E-state index in [1.54, 1.807) is 0 Å². The molecule has 5 heteroatoms. The van der Waals surface area contributed by atoms with Crippen molar-refractivity contribution in [2.24, 2.45) is 11.3 Å². The maximum absolute atomic E-state index is 11.9. The van der Waals surface area contributed by atoms with Gasteiger partial charge in [-0.05, 0) is 55.9 Å². The first-order valence-electron chi connectivity index (χ1n) is 7.70. The van der Waals surface area contributed by atoms with Crippen LogP contribution in [0.2, 0.25) is 0 Å². The Hall–Kier alpha value is -0.260. The van der Waals surface area contributed by atoms with E-state index >= 15 is 0 Å². The summed E-state index contributed by atoms with van der Waals surface area (Å²) in [5.74, 6) is 1.83. The van der Waals surface area contributed by atoms with Crippen LogP contribution in [0.1, 0.15) is 38.5 Å². The largest absolute Gasteiger partial charge is 0.481 e. The summed E-state index contributed by atoms with van der Waals surface area (Å²) in [7, 11) is 0. The Balaban J connectivity index is 1.78. The number of carboxylic acid groups (broad SMARTS) is 1. The summed E-state index contributed by atoms with van der Waals surface area (Å²) in [5.41, 5.74) is -0.715. The minimum atomic E-state index is -0.667. The molecule has 1 N–H and O–H groups in total. The third kappa shape index (κ3) is 2.60. The Kier molecular flexibility index (Phi) is 4.29. The summed E-state index contributed by atoms with van der Waals surface area (Å²) in [6.45, 7) is 1.81. The van der Waals surface area contributed by atoms with Crippen LogP contribution in [-0.2, 0) is 14.3 Å². The van der Waals surface area contributed by atoms with E-state index in [-0.39, 0.29) is 11.5 Å². The van der Waals surface area contributed by atoms with Crippen molar-refractivity contribution < 1.29 is 19.4 Å². The van der Waals surface area contributed by atoms with Gasteiger partial charge in [-0.3, -0.25) is 4.79 Å². The van der Waals surface area contributed by atoms with E-state index in [9.17, 15) is 9.90 Å². The van der Waals surface area contributed by atoms with Crippen LogP contribution in [0.4, 0.5) is 0 Å². The molecule has 0 aromatic heterocycles. The van der Waals surface area contributed by atoms with Crippen LogP contribution < -0.4 is 0 Å². The number of hydrogen-bond acceptors (Lipinski definition) is 4. The molecule has 3 saturated heterocycles. The van der Waals surface area contributed by atoms with Crippen molar-refractivity contribution in [3.8, 4) is 0 Å². The lowest BCUT2D eigenvalue weighted by Crippen LogP contribution is -2.52. The molecule has 3 heterocycles. The lowest BCUT2D eigenvalue weighted by molar-refractivity contribution is -0.179. The Bertz CT molecular complexity index is 353. The Labute approximate surface area is 124 Å². The first kappa shape index (κ1) is 14.7. The minimum Gasteiger partial charge on any atom is -0.481 e. The van der Waals surface area contributed by atoms with Gasteiger partial charge in [-0.25, -0.2) is 0 Å². The van der Waals surface area contributed by atoms with Gasteiger partial charge >= 0.3 is 5.97 Å². The highest BCUT2D eigenvalue weighted by Gasteiger charge is 2.52. The second-order valence-electron chi connectivity index (χ2n) is 6.45. The summed E-state index contributed by atoms with van der Waals surface area (Å²) in [6, 6.07) is 0. The van der Waals surface area contributed by atoms with Crippen LogP contribution in [0.3, 0.4) is 0 Å². The molecule has 3 rings (SSSR count). The fraction of sp³-hybridized carbons (Fsp3) is 0.933. The second kappa shape index (κ2) is 5.85.